The Balaban J connectivity index is 1.81. The lowest BCUT2D eigenvalue weighted by atomic mass is 9.51. The molecular weight excluding hydrogens is 306 g/mol. The minimum Gasteiger partial charge on any atom is -0.493 e. The summed E-state index contributed by atoms with van der Waals surface area (Å²) in [5, 5.41) is 0. The maximum Gasteiger partial charge on any atom is 0.176 e. The average Bonchev–Trinajstić information content (AvgIpc) is 2.94. The highest BCUT2D eigenvalue weighted by Gasteiger charge is 2.68. The van der Waals surface area contributed by atoms with E-state index in [2.05, 4.69) is 18.0 Å². The topological polar surface area (TPSA) is 48.0 Å². The summed E-state index contributed by atoms with van der Waals surface area (Å²) in [5.74, 6) is 2.02. The first-order valence-electron chi connectivity index (χ1n) is 8.74. The molecular formula is C19H23NO4. The van der Waals surface area contributed by atoms with Gasteiger partial charge in [0, 0.05) is 31.1 Å². The Morgan fingerprint density at radius 3 is 2.88 bits per heavy atom. The highest BCUT2D eigenvalue weighted by molar-refractivity contribution is 5.89. The molecule has 0 N–H and O–H groups in total. The van der Waals surface area contributed by atoms with Crippen molar-refractivity contribution in [3.63, 3.8) is 0 Å². The zero-order chi connectivity index (χ0) is 16.6. The summed E-state index contributed by atoms with van der Waals surface area (Å²) in [6, 6.07) is 4.54. The smallest absolute Gasteiger partial charge is 0.176 e. The number of Topliss-reactive ketones (excluding diaryl/α,β-unsaturated/α-hetero) is 1. The number of benzene rings is 1. The van der Waals surface area contributed by atoms with Crippen LogP contribution in [0, 0.1) is 5.92 Å². The normalized spacial score (nSPS) is 39.4. The van der Waals surface area contributed by atoms with Gasteiger partial charge in [0.15, 0.2) is 23.4 Å². The van der Waals surface area contributed by atoms with E-state index >= 15 is 0 Å². The zero-order valence-corrected chi connectivity index (χ0v) is 14.4. The number of rotatable bonds is 2. The van der Waals surface area contributed by atoms with Gasteiger partial charge in [0.1, 0.15) is 0 Å². The molecule has 24 heavy (non-hydrogen) atoms. The van der Waals surface area contributed by atoms with Crippen LogP contribution in [0.2, 0.25) is 0 Å². The molecule has 2 aliphatic heterocycles. The van der Waals surface area contributed by atoms with Gasteiger partial charge in [0.25, 0.3) is 0 Å². The molecule has 2 aliphatic carbocycles. The van der Waals surface area contributed by atoms with Crippen molar-refractivity contribution in [2.75, 3.05) is 27.8 Å². The number of ether oxygens (including phenoxy) is 3. The number of methoxy groups -OCH3 is 2. The van der Waals surface area contributed by atoms with Gasteiger partial charge in [0.05, 0.1) is 18.6 Å². The highest BCUT2D eigenvalue weighted by atomic mass is 16.5. The number of carbonyl (C=O) groups is 1. The second-order valence-corrected chi connectivity index (χ2v) is 7.64. The van der Waals surface area contributed by atoms with Crippen molar-refractivity contribution < 1.29 is 19.0 Å². The molecule has 1 saturated carbocycles. The first-order valence-corrected chi connectivity index (χ1v) is 8.74. The molecule has 1 aromatic rings. The van der Waals surface area contributed by atoms with E-state index in [0.29, 0.717) is 18.4 Å². The van der Waals surface area contributed by atoms with Crippen LogP contribution in [0.5, 0.6) is 11.5 Å². The summed E-state index contributed by atoms with van der Waals surface area (Å²) >= 11 is 0. The summed E-state index contributed by atoms with van der Waals surface area (Å²) in [7, 11) is 5.60. The molecule has 2 heterocycles. The van der Waals surface area contributed by atoms with Crippen LogP contribution in [-0.4, -0.2) is 56.7 Å². The fourth-order valence-corrected chi connectivity index (χ4v) is 5.93. The van der Waals surface area contributed by atoms with Crippen molar-refractivity contribution in [2.24, 2.45) is 5.92 Å². The second-order valence-electron chi connectivity index (χ2n) is 7.64. The molecule has 5 rings (SSSR count). The Hall–Kier alpha value is -1.59. The number of nitrogens with zero attached hydrogens (tertiary/aromatic N) is 1. The van der Waals surface area contributed by atoms with Crippen LogP contribution in [0.3, 0.4) is 0 Å². The molecule has 1 spiro atoms. The zero-order valence-electron chi connectivity index (χ0n) is 14.4. The van der Waals surface area contributed by atoms with Crippen molar-refractivity contribution in [3.8, 4) is 11.5 Å². The van der Waals surface area contributed by atoms with Gasteiger partial charge in [-0.2, -0.15) is 0 Å². The molecule has 0 aromatic heterocycles. The van der Waals surface area contributed by atoms with Crippen LogP contribution in [0.15, 0.2) is 12.1 Å². The van der Waals surface area contributed by atoms with E-state index in [1.165, 1.54) is 11.1 Å². The fourth-order valence-electron chi connectivity index (χ4n) is 5.93. The van der Waals surface area contributed by atoms with Crippen molar-refractivity contribution in [1.29, 1.82) is 0 Å². The van der Waals surface area contributed by atoms with E-state index in [1.807, 2.05) is 6.07 Å². The van der Waals surface area contributed by atoms with Crippen LogP contribution in [0.1, 0.15) is 24.0 Å². The van der Waals surface area contributed by atoms with Gasteiger partial charge in [-0.15, -0.1) is 0 Å². The van der Waals surface area contributed by atoms with Gasteiger partial charge in [-0.1, -0.05) is 6.07 Å². The van der Waals surface area contributed by atoms with Gasteiger partial charge in [0.2, 0.25) is 0 Å². The number of carbonyl (C=O) groups excluding carboxylic acids is 1. The largest absolute Gasteiger partial charge is 0.493 e. The Bertz CT molecular complexity index is 732. The Kier molecular flexibility index (Phi) is 2.90. The van der Waals surface area contributed by atoms with Crippen molar-refractivity contribution in [1.82, 2.24) is 4.90 Å². The molecule has 0 amide bonds. The Morgan fingerprint density at radius 2 is 2.12 bits per heavy atom. The monoisotopic (exact) mass is 329 g/mol. The first-order chi connectivity index (χ1) is 11.6. The molecule has 1 saturated heterocycles. The molecule has 5 nitrogen and oxygen atoms in total. The highest BCUT2D eigenvalue weighted by Crippen LogP contribution is 2.63. The second kappa shape index (κ2) is 4.73. The molecule has 2 fully saturated rings. The Morgan fingerprint density at radius 1 is 1.29 bits per heavy atom. The lowest BCUT2D eigenvalue weighted by Gasteiger charge is -2.58. The van der Waals surface area contributed by atoms with Crippen LogP contribution >= 0.6 is 0 Å². The minimum atomic E-state index is -0.379. The van der Waals surface area contributed by atoms with Gasteiger partial charge >= 0.3 is 0 Å². The number of hydrogen-bond donors (Lipinski definition) is 0. The van der Waals surface area contributed by atoms with Gasteiger partial charge in [-0.3, -0.25) is 4.79 Å². The lowest BCUT2D eigenvalue weighted by molar-refractivity contribution is -0.154. The first kappa shape index (κ1) is 14.7. The van der Waals surface area contributed by atoms with E-state index in [0.717, 1.165) is 30.9 Å². The third-order valence-corrected chi connectivity index (χ3v) is 6.88. The van der Waals surface area contributed by atoms with Crippen molar-refractivity contribution >= 4 is 5.78 Å². The number of hydrogen-bond acceptors (Lipinski definition) is 5. The van der Waals surface area contributed by atoms with Crippen LogP contribution in [-0.2, 0) is 21.4 Å². The predicted molar refractivity (Wildman–Crippen MR) is 87.7 cm³/mol. The number of ketones is 1. The number of likely N-dealkylation sites (tertiary alicyclic amines) is 1. The summed E-state index contributed by atoms with van der Waals surface area (Å²) in [4.78, 5) is 15.4. The molecule has 5 atom stereocenters. The van der Waals surface area contributed by atoms with Gasteiger partial charge in [-0.25, -0.2) is 0 Å². The maximum absolute atomic E-state index is 12.9. The lowest BCUT2D eigenvalue weighted by Crippen LogP contribution is -2.69. The number of piperidine rings is 1. The van der Waals surface area contributed by atoms with Gasteiger partial charge in [-0.05, 0) is 38.1 Å². The van der Waals surface area contributed by atoms with Crippen molar-refractivity contribution in [2.45, 2.75) is 42.9 Å². The molecule has 4 aliphatic rings. The third kappa shape index (κ3) is 1.51. The predicted octanol–water partition coefficient (Wildman–Crippen LogP) is 1.56. The van der Waals surface area contributed by atoms with E-state index in [4.69, 9.17) is 14.2 Å². The number of likely N-dealkylation sites (N-methyl/N-ethyl adjacent to an activating group) is 1. The minimum absolute atomic E-state index is 0.0320. The van der Waals surface area contributed by atoms with Gasteiger partial charge < -0.3 is 19.1 Å². The fraction of sp³-hybridized carbons (Fsp3) is 0.632. The standard InChI is InChI=1S/C19H23NO4/c1-20-7-6-19-15-10-4-5-13(22-2)17(15)24-18(19)12(21)9-14(23-3)16(19)11(20)8-10/h4-5,11,14,16,18H,6-9H2,1-3H3/t11?,14-,16?,18-,19?/m0/s1. The average molecular weight is 329 g/mol. The molecule has 0 radical (unpaired) electrons. The van der Waals surface area contributed by atoms with E-state index in [9.17, 15) is 4.79 Å². The van der Waals surface area contributed by atoms with E-state index in [1.54, 1.807) is 14.2 Å². The molecule has 5 heteroatoms. The quantitative estimate of drug-likeness (QED) is 0.824. The SMILES string of the molecule is COc1ccc2c3c1O[C@H]1C(=O)C[C@H](OC)C4C(C2)N(C)CCC341. The summed E-state index contributed by atoms with van der Waals surface area (Å²) in [6.07, 6.45) is 1.96. The third-order valence-electron chi connectivity index (χ3n) is 6.88. The molecule has 128 valence electrons. The molecule has 1 aromatic carbocycles. The van der Waals surface area contributed by atoms with E-state index < -0.39 is 0 Å². The van der Waals surface area contributed by atoms with Crippen LogP contribution in [0.25, 0.3) is 0 Å². The van der Waals surface area contributed by atoms with E-state index in [-0.39, 0.29) is 23.4 Å². The summed E-state index contributed by atoms with van der Waals surface area (Å²) in [6.45, 7) is 0.987. The molecule has 3 unspecified atom stereocenters. The maximum atomic E-state index is 12.9. The summed E-state index contributed by atoms with van der Waals surface area (Å²) in [5.41, 5.74) is 2.30. The van der Waals surface area contributed by atoms with Crippen LogP contribution < -0.4 is 9.47 Å². The van der Waals surface area contributed by atoms with Crippen molar-refractivity contribution in [3.05, 3.63) is 23.3 Å². The molecule has 2 bridgehead atoms. The Labute approximate surface area is 141 Å². The van der Waals surface area contributed by atoms with Crippen LogP contribution in [0.4, 0.5) is 0 Å². The summed E-state index contributed by atoms with van der Waals surface area (Å²) < 4.78 is 17.7.